The average molecular weight is 206 g/mol. The van der Waals surface area contributed by atoms with E-state index in [0.29, 0.717) is 12.2 Å². The zero-order chi connectivity index (χ0) is 11.3. The van der Waals surface area contributed by atoms with E-state index in [9.17, 15) is 4.79 Å². The van der Waals surface area contributed by atoms with Crippen LogP contribution in [0.4, 0.5) is 0 Å². The lowest BCUT2D eigenvalue weighted by molar-refractivity contribution is -0.145. The van der Waals surface area contributed by atoms with E-state index < -0.39 is 12.1 Å². The van der Waals surface area contributed by atoms with E-state index in [1.807, 2.05) is 6.07 Å². The van der Waals surface area contributed by atoms with Gasteiger partial charge in [-0.15, -0.1) is 0 Å². The molecule has 1 rings (SSSR count). The molecule has 0 aliphatic rings. The number of benzene rings is 1. The number of carboxylic acid groups (broad SMARTS) is 1. The molecule has 1 aromatic rings. The predicted octanol–water partition coefficient (Wildman–Crippen LogP) is 2.48. The van der Waals surface area contributed by atoms with E-state index in [0.717, 1.165) is 5.57 Å². The molecule has 0 spiro atoms. The summed E-state index contributed by atoms with van der Waals surface area (Å²) in [5.74, 6) is -0.409. The second-order valence-corrected chi connectivity index (χ2v) is 3.42. The molecule has 0 saturated heterocycles. The van der Waals surface area contributed by atoms with Gasteiger partial charge in [0.2, 0.25) is 0 Å². The van der Waals surface area contributed by atoms with Crippen molar-refractivity contribution in [2.24, 2.45) is 0 Å². The molecule has 0 amide bonds. The Balaban J connectivity index is 2.67. The summed E-state index contributed by atoms with van der Waals surface area (Å²) in [5.41, 5.74) is 0.790. The van der Waals surface area contributed by atoms with Crippen LogP contribution >= 0.6 is 0 Å². The molecule has 0 radical (unpaired) electrons. The van der Waals surface area contributed by atoms with Crippen molar-refractivity contribution in [3.8, 4) is 5.75 Å². The van der Waals surface area contributed by atoms with Gasteiger partial charge in [-0.05, 0) is 19.1 Å². The molecule has 0 heterocycles. The number of aliphatic carboxylic acids is 1. The van der Waals surface area contributed by atoms with Crippen molar-refractivity contribution in [2.45, 2.75) is 19.4 Å². The number of carbonyl (C=O) groups is 1. The van der Waals surface area contributed by atoms with Gasteiger partial charge in [-0.1, -0.05) is 30.4 Å². The van der Waals surface area contributed by atoms with E-state index in [4.69, 9.17) is 9.84 Å². The van der Waals surface area contributed by atoms with Crippen LogP contribution in [0.5, 0.6) is 5.75 Å². The van der Waals surface area contributed by atoms with Gasteiger partial charge >= 0.3 is 5.97 Å². The van der Waals surface area contributed by atoms with Gasteiger partial charge in [0.25, 0.3) is 0 Å². The van der Waals surface area contributed by atoms with E-state index in [1.165, 1.54) is 0 Å². The number of hydrogen-bond acceptors (Lipinski definition) is 2. The lowest BCUT2D eigenvalue weighted by atomic mass is 10.1. The minimum Gasteiger partial charge on any atom is -0.478 e. The maximum Gasteiger partial charge on any atom is 0.345 e. The molecular formula is C12H14O3. The van der Waals surface area contributed by atoms with Crippen LogP contribution in [0, 0.1) is 0 Å². The minimum atomic E-state index is -0.971. The largest absolute Gasteiger partial charge is 0.478 e. The van der Waals surface area contributed by atoms with Gasteiger partial charge in [0.1, 0.15) is 5.75 Å². The first-order valence-corrected chi connectivity index (χ1v) is 4.68. The molecule has 3 nitrogen and oxygen atoms in total. The highest BCUT2D eigenvalue weighted by Crippen LogP contribution is 2.14. The molecule has 3 heteroatoms. The summed E-state index contributed by atoms with van der Waals surface area (Å²) >= 11 is 0. The fourth-order valence-corrected chi connectivity index (χ4v) is 1.16. The molecule has 0 saturated carbocycles. The highest BCUT2D eigenvalue weighted by molar-refractivity contribution is 5.73. The predicted molar refractivity (Wildman–Crippen MR) is 57.9 cm³/mol. The topological polar surface area (TPSA) is 46.5 Å². The monoisotopic (exact) mass is 206 g/mol. The molecular weight excluding hydrogens is 192 g/mol. The van der Waals surface area contributed by atoms with Crippen molar-refractivity contribution in [3.05, 3.63) is 42.5 Å². The minimum absolute atomic E-state index is 0.324. The quantitative estimate of drug-likeness (QED) is 0.753. The molecule has 1 unspecified atom stereocenters. The van der Waals surface area contributed by atoms with Crippen LogP contribution in [-0.2, 0) is 4.79 Å². The van der Waals surface area contributed by atoms with Crippen molar-refractivity contribution in [1.82, 2.24) is 0 Å². The highest BCUT2D eigenvalue weighted by atomic mass is 16.5. The number of rotatable bonds is 5. The smallest absolute Gasteiger partial charge is 0.345 e. The summed E-state index contributed by atoms with van der Waals surface area (Å²) in [6.45, 7) is 5.46. The van der Waals surface area contributed by atoms with Crippen LogP contribution in [0.1, 0.15) is 13.3 Å². The Morgan fingerprint density at radius 2 is 2.07 bits per heavy atom. The second kappa shape index (κ2) is 5.20. The third-order valence-electron chi connectivity index (χ3n) is 1.83. The number of ether oxygens (including phenoxy) is 1. The lowest BCUT2D eigenvalue weighted by Gasteiger charge is -2.14. The van der Waals surface area contributed by atoms with Crippen LogP contribution in [0.3, 0.4) is 0 Å². The van der Waals surface area contributed by atoms with Gasteiger partial charge < -0.3 is 9.84 Å². The molecule has 1 N–H and O–H groups in total. The summed E-state index contributed by atoms with van der Waals surface area (Å²) in [7, 11) is 0. The van der Waals surface area contributed by atoms with Gasteiger partial charge in [0, 0.05) is 6.42 Å². The van der Waals surface area contributed by atoms with Crippen LogP contribution in [0.25, 0.3) is 0 Å². The number of carboxylic acids is 1. The Morgan fingerprint density at radius 3 is 2.53 bits per heavy atom. The Kier molecular flexibility index (Phi) is 3.92. The number of hydrogen-bond donors (Lipinski definition) is 1. The average Bonchev–Trinajstić information content (AvgIpc) is 2.17. The first kappa shape index (κ1) is 11.3. The fourth-order valence-electron chi connectivity index (χ4n) is 1.16. The zero-order valence-corrected chi connectivity index (χ0v) is 8.64. The Hall–Kier alpha value is -1.77. The van der Waals surface area contributed by atoms with Crippen molar-refractivity contribution < 1.29 is 14.6 Å². The van der Waals surface area contributed by atoms with Gasteiger partial charge in [0.15, 0.2) is 6.10 Å². The van der Waals surface area contributed by atoms with Crippen molar-refractivity contribution in [1.29, 1.82) is 0 Å². The molecule has 0 aromatic heterocycles. The Labute approximate surface area is 89.0 Å². The van der Waals surface area contributed by atoms with E-state index in [-0.39, 0.29) is 0 Å². The molecule has 0 fully saturated rings. The Bertz CT molecular complexity index is 343. The van der Waals surface area contributed by atoms with Gasteiger partial charge in [-0.3, -0.25) is 0 Å². The summed E-state index contributed by atoms with van der Waals surface area (Å²) < 4.78 is 5.33. The molecule has 0 aliphatic heterocycles. The van der Waals surface area contributed by atoms with Gasteiger partial charge in [0.05, 0.1) is 0 Å². The van der Waals surface area contributed by atoms with E-state index in [2.05, 4.69) is 6.58 Å². The summed E-state index contributed by atoms with van der Waals surface area (Å²) in [6.07, 6.45) is -0.533. The van der Waals surface area contributed by atoms with E-state index in [1.54, 1.807) is 31.2 Å². The first-order chi connectivity index (χ1) is 7.09. The summed E-state index contributed by atoms with van der Waals surface area (Å²) in [5, 5.41) is 8.92. The second-order valence-electron chi connectivity index (χ2n) is 3.42. The summed E-state index contributed by atoms with van der Waals surface area (Å²) in [6, 6.07) is 8.91. The maximum absolute atomic E-state index is 10.9. The molecule has 1 aromatic carbocycles. The van der Waals surface area contributed by atoms with Crippen LogP contribution in [0.2, 0.25) is 0 Å². The van der Waals surface area contributed by atoms with Gasteiger partial charge in [-0.25, -0.2) is 4.79 Å². The Morgan fingerprint density at radius 1 is 1.47 bits per heavy atom. The maximum atomic E-state index is 10.9. The zero-order valence-electron chi connectivity index (χ0n) is 8.64. The molecule has 0 bridgehead atoms. The van der Waals surface area contributed by atoms with Crippen molar-refractivity contribution in [3.63, 3.8) is 0 Å². The van der Waals surface area contributed by atoms with Crippen LogP contribution < -0.4 is 4.74 Å². The summed E-state index contributed by atoms with van der Waals surface area (Å²) in [4.78, 5) is 10.9. The third kappa shape index (κ3) is 3.85. The fraction of sp³-hybridized carbons (Fsp3) is 0.250. The van der Waals surface area contributed by atoms with Crippen LogP contribution in [0.15, 0.2) is 42.5 Å². The number of para-hydroxylation sites is 1. The highest BCUT2D eigenvalue weighted by Gasteiger charge is 2.18. The standard InChI is InChI=1S/C12H14O3/c1-9(2)8-11(12(13)14)15-10-6-4-3-5-7-10/h3-7,11H,1,8H2,2H3,(H,13,14). The third-order valence-corrected chi connectivity index (χ3v) is 1.83. The SMILES string of the molecule is C=C(C)CC(Oc1ccccc1)C(=O)O. The van der Waals surface area contributed by atoms with Gasteiger partial charge in [-0.2, -0.15) is 0 Å². The van der Waals surface area contributed by atoms with Crippen molar-refractivity contribution in [2.75, 3.05) is 0 Å². The molecule has 1 atom stereocenters. The molecule has 0 aliphatic carbocycles. The van der Waals surface area contributed by atoms with Crippen LogP contribution in [-0.4, -0.2) is 17.2 Å². The van der Waals surface area contributed by atoms with Crippen molar-refractivity contribution >= 4 is 5.97 Å². The van der Waals surface area contributed by atoms with E-state index >= 15 is 0 Å². The molecule has 80 valence electrons. The lowest BCUT2D eigenvalue weighted by Crippen LogP contribution is -2.27. The normalized spacial score (nSPS) is 11.8. The molecule has 15 heavy (non-hydrogen) atoms. The first-order valence-electron chi connectivity index (χ1n) is 4.68.